The van der Waals surface area contributed by atoms with E-state index in [1.54, 1.807) is 0 Å². The molecule has 17 heavy (non-hydrogen) atoms. The van der Waals surface area contributed by atoms with Gasteiger partial charge in [0, 0.05) is 19.6 Å². The van der Waals surface area contributed by atoms with Gasteiger partial charge in [0.1, 0.15) is 0 Å². The smallest absolute Gasteiger partial charge is 0.274 e. The van der Waals surface area contributed by atoms with Gasteiger partial charge in [0.15, 0.2) is 5.82 Å². The van der Waals surface area contributed by atoms with Crippen molar-refractivity contribution in [2.45, 2.75) is 13.5 Å². The van der Waals surface area contributed by atoms with E-state index in [0.717, 1.165) is 24.9 Å². The Labute approximate surface area is 99.9 Å². The van der Waals surface area contributed by atoms with Gasteiger partial charge >= 0.3 is 0 Å². The summed E-state index contributed by atoms with van der Waals surface area (Å²) in [7, 11) is 0. The van der Waals surface area contributed by atoms with E-state index in [2.05, 4.69) is 29.6 Å². The molecule has 0 bridgehead atoms. The van der Waals surface area contributed by atoms with Crippen LogP contribution in [0.25, 0.3) is 0 Å². The number of nitrogens with zero attached hydrogens (tertiary/aromatic N) is 2. The molecule has 1 aromatic carbocycles. The summed E-state index contributed by atoms with van der Waals surface area (Å²) in [5.74, 6) is 0.593. The molecule has 5 heteroatoms. The maximum Gasteiger partial charge on any atom is 0.274 e. The first-order chi connectivity index (χ1) is 8.15. The number of nitro groups is 1. The molecule has 5 nitrogen and oxygen atoms in total. The molecule has 1 saturated heterocycles. The molecule has 1 aliphatic rings. The minimum Gasteiger partial charge on any atom is -0.365 e. The van der Waals surface area contributed by atoms with E-state index in [1.165, 1.54) is 5.56 Å². The zero-order valence-corrected chi connectivity index (χ0v) is 9.72. The molecule has 1 aliphatic heterocycles. The average molecular weight is 233 g/mol. The monoisotopic (exact) mass is 233 g/mol. The molecule has 2 rings (SSSR count). The van der Waals surface area contributed by atoms with Crippen LogP contribution in [-0.4, -0.2) is 22.9 Å². The molecule has 0 aromatic heterocycles. The van der Waals surface area contributed by atoms with E-state index >= 15 is 0 Å². The summed E-state index contributed by atoms with van der Waals surface area (Å²) in [4.78, 5) is 12.0. The summed E-state index contributed by atoms with van der Waals surface area (Å²) < 4.78 is 0. The lowest BCUT2D eigenvalue weighted by Gasteiger charge is -2.17. The number of aryl methyl sites for hydroxylation is 1. The Bertz CT molecular complexity index is 440. The minimum atomic E-state index is -0.421. The van der Waals surface area contributed by atoms with E-state index in [1.807, 2.05) is 11.8 Å². The van der Waals surface area contributed by atoms with Crippen LogP contribution in [0.5, 0.6) is 0 Å². The molecule has 0 radical (unpaired) electrons. The highest BCUT2D eigenvalue weighted by Gasteiger charge is 2.19. The van der Waals surface area contributed by atoms with Crippen molar-refractivity contribution < 1.29 is 4.92 Å². The molecular weight excluding hydrogens is 218 g/mol. The minimum absolute atomic E-state index is 0.421. The van der Waals surface area contributed by atoms with Crippen molar-refractivity contribution in [3.63, 3.8) is 0 Å². The molecule has 90 valence electrons. The fourth-order valence-electron chi connectivity index (χ4n) is 1.86. The van der Waals surface area contributed by atoms with Crippen molar-refractivity contribution in [3.05, 3.63) is 57.5 Å². The van der Waals surface area contributed by atoms with Crippen molar-refractivity contribution in [3.8, 4) is 0 Å². The highest BCUT2D eigenvalue weighted by molar-refractivity contribution is 5.22. The third-order valence-electron chi connectivity index (χ3n) is 2.75. The number of hydrogen-bond acceptors (Lipinski definition) is 4. The maximum absolute atomic E-state index is 10.5. The molecule has 0 saturated carbocycles. The summed E-state index contributed by atoms with van der Waals surface area (Å²) in [6, 6.07) is 8.21. The zero-order chi connectivity index (χ0) is 12.3. The van der Waals surface area contributed by atoms with Crippen LogP contribution in [0.3, 0.4) is 0 Å². The lowest BCUT2D eigenvalue weighted by molar-refractivity contribution is -0.404. The summed E-state index contributed by atoms with van der Waals surface area (Å²) in [5.41, 5.74) is 2.38. The molecule has 0 unspecified atom stereocenters. The van der Waals surface area contributed by atoms with Gasteiger partial charge in [0.25, 0.3) is 6.20 Å². The molecule has 0 aliphatic carbocycles. The van der Waals surface area contributed by atoms with E-state index in [0.29, 0.717) is 12.4 Å². The standard InChI is InChI=1S/C12H15N3O2/c1-10-2-4-11(5-3-10)8-14-7-6-13-12(14)9-15(16)17/h2-5,9,13H,6-8H2,1H3/b12-9+. The van der Waals surface area contributed by atoms with Crippen LogP contribution in [0, 0.1) is 17.0 Å². The van der Waals surface area contributed by atoms with Crippen LogP contribution in [-0.2, 0) is 6.54 Å². The second-order valence-corrected chi connectivity index (χ2v) is 4.13. The highest BCUT2D eigenvalue weighted by Crippen LogP contribution is 2.13. The van der Waals surface area contributed by atoms with Gasteiger partial charge in [-0.05, 0) is 12.5 Å². The number of nitrogens with one attached hydrogen (secondary N) is 1. The molecule has 0 amide bonds. The third kappa shape index (κ3) is 2.96. The summed E-state index contributed by atoms with van der Waals surface area (Å²) in [6.45, 7) is 4.30. The van der Waals surface area contributed by atoms with E-state index in [9.17, 15) is 10.1 Å². The van der Waals surface area contributed by atoms with Crippen molar-refractivity contribution in [1.29, 1.82) is 0 Å². The molecule has 1 heterocycles. The van der Waals surface area contributed by atoms with E-state index in [4.69, 9.17) is 0 Å². The lowest BCUT2D eigenvalue weighted by atomic mass is 10.1. The first-order valence-corrected chi connectivity index (χ1v) is 5.55. The van der Waals surface area contributed by atoms with Crippen molar-refractivity contribution in [2.75, 3.05) is 13.1 Å². The van der Waals surface area contributed by atoms with Gasteiger partial charge in [-0.2, -0.15) is 0 Å². The van der Waals surface area contributed by atoms with Gasteiger partial charge in [-0.25, -0.2) is 0 Å². The van der Waals surface area contributed by atoms with E-state index in [-0.39, 0.29) is 0 Å². The SMILES string of the molecule is Cc1ccc(CN2CCN/C2=C\[N+](=O)[O-])cc1. The highest BCUT2D eigenvalue weighted by atomic mass is 16.6. The molecule has 0 spiro atoms. The predicted octanol–water partition coefficient (Wildman–Crippen LogP) is 1.48. The Hall–Kier alpha value is -2.04. The van der Waals surface area contributed by atoms with Gasteiger partial charge in [0.05, 0.1) is 4.92 Å². The summed E-state index contributed by atoms with van der Waals surface area (Å²) in [6.07, 6.45) is 1.03. The van der Waals surface area contributed by atoms with E-state index < -0.39 is 4.92 Å². The number of rotatable bonds is 3. The van der Waals surface area contributed by atoms with Gasteiger partial charge in [0.2, 0.25) is 0 Å². The summed E-state index contributed by atoms with van der Waals surface area (Å²) >= 11 is 0. The molecule has 1 N–H and O–H groups in total. The van der Waals surface area contributed by atoms with Crippen LogP contribution in [0.4, 0.5) is 0 Å². The molecule has 1 aromatic rings. The third-order valence-corrected chi connectivity index (χ3v) is 2.75. The van der Waals surface area contributed by atoms with Crippen LogP contribution in [0.15, 0.2) is 36.3 Å². The first kappa shape index (κ1) is 11.4. The second-order valence-electron chi connectivity index (χ2n) is 4.13. The fraction of sp³-hybridized carbons (Fsp3) is 0.333. The zero-order valence-electron chi connectivity index (χ0n) is 9.72. The Morgan fingerprint density at radius 2 is 2.18 bits per heavy atom. The molecule has 1 fully saturated rings. The van der Waals surface area contributed by atoms with Gasteiger partial charge in [-0.3, -0.25) is 10.1 Å². The molecule has 0 atom stereocenters. The van der Waals surface area contributed by atoms with Crippen molar-refractivity contribution in [2.24, 2.45) is 0 Å². The van der Waals surface area contributed by atoms with Crippen molar-refractivity contribution >= 4 is 0 Å². The van der Waals surface area contributed by atoms with Gasteiger partial charge in [-0.1, -0.05) is 29.8 Å². The number of benzene rings is 1. The second kappa shape index (κ2) is 4.86. The van der Waals surface area contributed by atoms with Crippen LogP contribution < -0.4 is 5.32 Å². The van der Waals surface area contributed by atoms with Crippen LogP contribution >= 0.6 is 0 Å². The topological polar surface area (TPSA) is 58.4 Å². The molecular formula is C12H15N3O2. The fourth-order valence-corrected chi connectivity index (χ4v) is 1.86. The normalized spacial score (nSPS) is 17.2. The Morgan fingerprint density at radius 1 is 1.47 bits per heavy atom. The van der Waals surface area contributed by atoms with Crippen LogP contribution in [0.1, 0.15) is 11.1 Å². The maximum atomic E-state index is 10.5. The summed E-state index contributed by atoms with van der Waals surface area (Å²) in [5, 5.41) is 13.5. The van der Waals surface area contributed by atoms with Crippen molar-refractivity contribution in [1.82, 2.24) is 10.2 Å². The first-order valence-electron chi connectivity index (χ1n) is 5.55. The predicted molar refractivity (Wildman–Crippen MR) is 64.7 cm³/mol. The quantitative estimate of drug-likeness (QED) is 0.634. The van der Waals surface area contributed by atoms with Gasteiger partial charge < -0.3 is 10.2 Å². The Morgan fingerprint density at radius 3 is 2.82 bits per heavy atom. The number of hydrogen-bond donors (Lipinski definition) is 1. The van der Waals surface area contributed by atoms with Gasteiger partial charge in [-0.15, -0.1) is 0 Å². The largest absolute Gasteiger partial charge is 0.365 e. The average Bonchev–Trinajstić information content (AvgIpc) is 2.68. The Balaban J connectivity index is 2.07. The lowest BCUT2D eigenvalue weighted by Crippen LogP contribution is -2.20. The van der Waals surface area contributed by atoms with Crippen LogP contribution in [0.2, 0.25) is 0 Å². The Kier molecular flexibility index (Phi) is 3.27.